The SMILES string of the molecule is C=CCOC1CC(O)CC(OCC=C)C1. The second-order valence-electron chi connectivity index (χ2n) is 3.85. The van der Waals surface area contributed by atoms with Crippen molar-refractivity contribution < 1.29 is 14.6 Å². The van der Waals surface area contributed by atoms with Crippen molar-refractivity contribution in [2.24, 2.45) is 0 Å². The van der Waals surface area contributed by atoms with Crippen molar-refractivity contribution in [3.8, 4) is 0 Å². The smallest absolute Gasteiger partial charge is 0.0648 e. The molecule has 0 spiro atoms. The maximum absolute atomic E-state index is 9.64. The van der Waals surface area contributed by atoms with Crippen LogP contribution in [0.25, 0.3) is 0 Å². The molecular formula is C12H20O3. The Kier molecular flexibility index (Phi) is 5.61. The second kappa shape index (κ2) is 6.77. The zero-order valence-electron chi connectivity index (χ0n) is 9.10. The lowest BCUT2D eigenvalue weighted by molar-refractivity contribution is -0.0716. The molecule has 0 radical (unpaired) electrons. The Balaban J connectivity index is 2.33. The number of aliphatic hydroxyl groups excluding tert-OH is 1. The maximum atomic E-state index is 9.64. The Hall–Kier alpha value is -0.640. The summed E-state index contributed by atoms with van der Waals surface area (Å²) >= 11 is 0. The van der Waals surface area contributed by atoms with E-state index in [1.165, 1.54) is 0 Å². The highest BCUT2D eigenvalue weighted by Crippen LogP contribution is 2.24. The van der Waals surface area contributed by atoms with Crippen LogP contribution in [0.15, 0.2) is 25.3 Å². The van der Waals surface area contributed by atoms with Gasteiger partial charge in [0.15, 0.2) is 0 Å². The van der Waals surface area contributed by atoms with Crippen molar-refractivity contribution in [3.05, 3.63) is 25.3 Å². The first-order chi connectivity index (χ1) is 7.26. The maximum Gasteiger partial charge on any atom is 0.0648 e. The Labute approximate surface area is 91.4 Å². The van der Waals surface area contributed by atoms with Gasteiger partial charge in [-0.2, -0.15) is 0 Å². The van der Waals surface area contributed by atoms with Crippen molar-refractivity contribution in [2.45, 2.75) is 37.6 Å². The molecule has 2 unspecified atom stereocenters. The molecule has 3 heteroatoms. The van der Waals surface area contributed by atoms with Gasteiger partial charge in [-0.05, 0) is 19.3 Å². The molecule has 2 atom stereocenters. The van der Waals surface area contributed by atoms with Crippen LogP contribution in [-0.2, 0) is 9.47 Å². The van der Waals surface area contributed by atoms with Crippen molar-refractivity contribution in [2.75, 3.05) is 13.2 Å². The van der Waals surface area contributed by atoms with Crippen molar-refractivity contribution in [1.29, 1.82) is 0 Å². The molecule has 15 heavy (non-hydrogen) atoms. The topological polar surface area (TPSA) is 38.7 Å². The fourth-order valence-electron chi connectivity index (χ4n) is 1.87. The zero-order chi connectivity index (χ0) is 11.1. The molecule has 0 aromatic rings. The van der Waals surface area contributed by atoms with Crippen LogP contribution in [0.3, 0.4) is 0 Å². The molecule has 1 N–H and O–H groups in total. The molecule has 0 aromatic heterocycles. The van der Waals surface area contributed by atoms with Crippen molar-refractivity contribution >= 4 is 0 Å². The van der Waals surface area contributed by atoms with Crippen molar-refractivity contribution in [1.82, 2.24) is 0 Å². The van der Waals surface area contributed by atoms with Gasteiger partial charge in [0.2, 0.25) is 0 Å². The summed E-state index contributed by atoms with van der Waals surface area (Å²) < 4.78 is 11.1. The van der Waals surface area contributed by atoms with Gasteiger partial charge in [0, 0.05) is 0 Å². The fraction of sp³-hybridized carbons (Fsp3) is 0.667. The van der Waals surface area contributed by atoms with Gasteiger partial charge in [-0.15, -0.1) is 13.2 Å². The van der Waals surface area contributed by atoms with E-state index >= 15 is 0 Å². The Bertz CT molecular complexity index is 183. The van der Waals surface area contributed by atoms with Crippen molar-refractivity contribution in [3.63, 3.8) is 0 Å². The molecule has 0 aliphatic heterocycles. The van der Waals surface area contributed by atoms with Crippen LogP contribution in [0.2, 0.25) is 0 Å². The summed E-state index contributed by atoms with van der Waals surface area (Å²) in [6, 6.07) is 0. The van der Waals surface area contributed by atoms with E-state index in [9.17, 15) is 5.11 Å². The summed E-state index contributed by atoms with van der Waals surface area (Å²) in [6.45, 7) is 8.27. The van der Waals surface area contributed by atoms with E-state index in [-0.39, 0.29) is 18.3 Å². The summed E-state index contributed by atoms with van der Waals surface area (Å²) in [6.07, 6.45) is 5.54. The van der Waals surface area contributed by atoms with E-state index < -0.39 is 0 Å². The lowest BCUT2D eigenvalue weighted by Gasteiger charge is -2.31. The van der Waals surface area contributed by atoms with Gasteiger partial charge >= 0.3 is 0 Å². The van der Waals surface area contributed by atoms with Gasteiger partial charge in [-0.1, -0.05) is 12.2 Å². The molecule has 1 rings (SSSR count). The number of aliphatic hydroxyl groups is 1. The Morgan fingerprint density at radius 1 is 1.00 bits per heavy atom. The minimum atomic E-state index is -0.316. The summed E-state index contributed by atoms with van der Waals surface area (Å²) in [5.41, 5.74) is 0. The van der Waals surface area contributed by atoms with Gasteiger partial charge in [0.05, 0.1) is 31.5 Å². The number of hydrogen-bond donors (Lipinski definition) is 1. The minimum absolute atomic E-state index is 0.0848. The third-order valence-electron chi connectivity index (χ3n) is 2.50. The predicted octanol–water partition coefficient (Wildman–Crippen LogP) is 1.67. The van der Waals surface area contributed by atoms with Crippen LogP contribution in [0, 0.1) is 0 Å². The third-order valence-corrected chi connectivity index (χ3v) is 2.50. The monoisotopic (exact) mass is 212 g/mol. The van der Waals surface area contributed by atoms with Crippen LogP contribution < -0.4 is 0 Å². The molecule has 1 aliphatic rings. The molecule has 86 valence electrons. The fourth-order valence-corrected chi connectivity index (χ4v) is 1.87. The molecule has 0 bridgehead atoms. The predicted molar refractivity (Wildman–Crippen MR) is 59.7 cm³/mol. The highest BCUT2D eigenvalue weighted by Gasteiger charge is 2.28. The number of ether oxygens (including phenoxy) is 2. The minimum Gasteiger partial charge on any atom is -0.393 e. The highest BCUT2D eigenvalue weighted by atomic mass is 16.5. The van der Waals surface area contributed by atoms with Gasteiger partial charge in [-0.25, -0.2) is 0 Å². The first-order valence-electron chi connectivity index (χ1n) is 5.39. The molecule has 0 amide bonds. The standard InChI is InChI=1S/C12H20O3/c1-3-5-14-11-7-10(13)8-12(9-11)15-6-4-2/h3-4,10-13H,1-2,5-9H2. The van der Waals surface area contributed by atoms with Gasteiger partial charge in [0.1, 0.15) is 0 Å². The Morgan fingerprint density at radius 2 is 1.47 bits per heavy atom. The summed E-state index contributed by atoms with van der Waals surface area (Å²) in [5, 5.41) is 9.64. The quantitative estimate of drug-likeness (QED) is 0.681. The van der Waals surface area contributed by atoms with E-state index in [4.69, 9.17) is 9.47 Å². The molecule has 0 heterocycles. The molecule has 1 aliphatic carbocycles. The Morgan fingerprint density at radius 3 is 1.87 bits per heavy atom. The van der Waals surface area contributed by atoms with E-state index in [1.54, 1.807) is 12.2 Å². The largest absolute Gasteiger partial charge is 0.393 e. The molecule has 0 saturated heterocycles. The van der Waals surface area contributed by atoms with Crippen LogP contribution >= 0.6 is 0 Å². The number of rotatable bonds is 6. The normalized spacial score (nSPS) is 31.1. The molecular weight excluding hydrogens is 192 g/mol. The molecule has 3 nitrogen and oxygen atoms in total. The average molecular weight is 212 g/mol. The average Bonchev–Trinajstić information content (AvgIpc) is 2.23. The molecule has 1 fully saturated rings. The highest BCUT2D eigenvalue weighted by molar-refractivity contribution is 4.81. The van der Waals surface area contributed by atoms with E-state index in [0.29, 0.717) is 26.1 Å². The molecule has 0 aromatic carbocycles. The first kappa shape index (κ1) is 12.4. The second-order valence-corrected chi connectivity index (χ2v) is 3.85. The lowest BCUT2D eigenvalue weighted by atomic mass is 9.92. The van der Waals surface area contributed by atoms with Gasteiger partial charge in [-0.3, -0.25) is 0 Å². The molecule has 1 saturated carbocycles. The van der Waals surface area contributed by atoms with Crippen LogP contribution in [-0.4, -0.2) is 36.6 Å². The zero-order valence-corrected chi connectivity index (χ0v) is 9.10. The third kappa shape index (κ3) is 4.60. The summed E-state index contributed by atoms with van der Waals surface area (Å²) in [7, 11) is 0. The van der Waals surface area contributed by atoms with Crippen LogP contribution in [0.5, 0.6) is 0 Å². The summed E-state index contributed by atoms with van der Waals surface area (Å²) in [4.78, 5) is 0. The number of hydrogen-bond acceptors (Lipinski definition) is 3. The van der Waals surface area contributed by atoms with Gasteiger partial charge in [0.25, 0.3) is 0 Å². The van der Waals surface area contributed by atoms with Crippen LogP contribution in [0.4, 0.5) is 0 Å². The van der Waals surface area contributed by atoms with E-state index in [0.717, 1.165) is 6.42 Å². The summed E-state index contributed by atoms with van der Waals surface area (Å²) in [5.74, 6) is 0. The van der Waals surface area contributed by atoms with Crippen LogP contribution in [0.1, 0.15) is 19.3 Å². The van der Waals surface area contributed by atoms with Gasteiger partial charge < -0.3 is 14.6 Å². The lowest BCUT2D eigenvalue weighted by Crippen LogP contribution is -2.36. The van der Waals surface area contributed by atoms with E-state index in [1.807, 2.05) is 0 Å². The van der Waals surface area contributed by atoms with E-state index in [2.05, 4.69) is 13.2 Å². The first-order valence-corrected chi connectivity index (χ1v) is 5.39.